The molecule has 0 radical (unpaired) electrons. The summed E-state index contributed by atoms with van der Waals surface area (Å²) < 4.78 is 8.64. The summed E-state index contributed by atoms with van der Waals surface area (Å²) in [5, 5.41) is 4.50. The molecule has 0 spiro atoms. The van der Waals surface area contributed by atoms with Gasteiger partial charge in [0.1, 0.15) is 11.2 Å². The third kappa shape index (κ3) is 5.29. The highest BCUT2D eigenvalue weighted by atomic mass is 16.3. The molecule has 0 unspecified atom stereocenters. The van der Waals surface area contributed by atoms with E-state index in [0.717, 1.165) is 66.6 Å². The van der Waals surface area contributed by atoms with Gasteiger partial charge in [0.15, 0.2) is 17.5 Å². The van der Waals surface area contributed by atoms with Crippen LogP contribution in [0.1, 0.15) is 0 Å². The number of benzene rings is 8. The molecule has 8 aromatic carbocycles. The zero-order valence-electron chi connectivity index (χ0n) is 30.2. The van der Waals surface area contributed by atoms with Gasteiger partial charge < -0.3 is 8.98 Å². The lowest BCUT2D eigenvalue weighted by Crippen LogP contribution is -2.00. The first-order valence-corrected chi connectivity index (χ1v) is 18.8. The predicted molar refractivity (Wildman–Crippen MR) is 229 cm³/mol. The average molecular weight is 717 g/mol. The van der Waals surface area contributed by atoms with Gasteiger partial charge in [0.2, 0.25) is 0 Å². The summed E-state index contributed by atoms with van der Waals surface area (Å²) in [5.74, 6) is 1.80. The summed E-state index contributed by atoms with van der Waals surface area (Å²) in [4.78, 5) is 15.4. The van der Waals surface area contributed by atoms with Crippen molar-refractivity contribution in [1.29, 1.82) is 0 Å². The minimum atomic E-state index is 0.593. The largest absolute Gasteiger partial charge is 0.456 e. The summed E-state index contributed by atoms with van der Waals surface area (Å²) in [7, 11) is 0. The Balaban J connectivity index is 1.05. The van der Waals surface area contributed by atoms with Crippen LogP contribution < -0.4 is 0 Å². The van der Waals surface area contributed by atoms with Crippen LogP contribution in [0.2, 0.25) is 0 Å². The van der Waals surface area contributed by atoms with Gasteiger partial charge >= 0.3 is 0 Å². The molecule has 3 heterocycles. The minimum Gasteiger partial charge on any atom is -0.456 e. The molecule has 0 aliphatic carbocycles. The average Bonchev–Trinajstić information content (AvgIpc) is 3.83. The number of rotatable bonds is 6. The Morgan fingerprint density at radius 3 is 1.50 bits per heavy atom. The molecule has 56 heavy (non-hydrogen) atoms. The molecule has 0 fully saturated rings. The van der Waals surface area contributed by atoms with E-state index in [9.17, 15) is 0 Å². The summed E-state index contributed by atoms with van der Waals surface area (Å²) in [5.41, 5.74) is 12.4. The molecule has 0 N–H and O–H groups in total. The zero-order valence-corrected chi connectivity index (χ0v) is 30.2. The summed E-state index contributed by atoms with van der Waals surface area (Å²) in [6, 6.07) is 67.5. The monoisotopic (exact) mass is 716 g/mol. The zero-order chi connectivity index (χ0) is 37.0. The Morgan fingerprint density at radius 1 is 0.321 bits per heavy atom. The number of aromatic nitrogens is 4. The number of nitrogens with zero attached hydrogens (tertiary/aromatic N) is 4. The molecule has 5 heteroatoms. The van der Waals surface area contributed by atoms with E-state index in [1.165, 1.54) is 21.8 Å². The summed E-state index contributed by atoms with van der Waals surface area (Å²) >= 11 is 0. The van der Waals surface area contributed by atoms with Crippen molar-refractivity contribution in [2.45, 2.75) is 0 Å². The van der Waals surface area contributed by atoms with Crippen molar-refractivity contribution in [1.82, 2.24) is 19.5 Å². The van der Waals surface area contributed by atoms with Crippen LogP contribution in [0.4, 0.5) is 0 Å². The second-order valence-corrected chi connectivity index (χ2v) is 14.0. The lowest BCUT2D eigenvalue weighted by molar-refractivity contribution is 0.669. The number of furan rings is 1. The van der Waals surface area contributed by atoms with Gasteiger partial charge in [-0.3, -0.25) is 0 Å². The number of hydrogen-bond donors (Lipinski definition) is 0. The van der Waals surface area contributed by atoms with Gasteiger partial charge in [0.25, 0.3) is 0 Å². The summed E-state index contributed by atoms with van der Waals surface area (Å²) in [6.07, 6.45) is 0. The van der Waals surface area contributed by atoms with E-state index in [2.05, 4.69) is 162 Å². The number of hydrogen-bond acceptors (Lipinski definition) is 4. The molecule has 0 bridgehead atoms. The third-order valence-corrected chi connectivity index (χ3v) is 10.7. The fourth-order valence-electron chi connectivity index (χ4n) is 8.05. The first-order chi connectivity index (χ1) is 27.8. The van der Waals surface area contributed by atoms with E-state index in [-0.39, 0.29) is 0 Å². The Bertz CT molecular complexity index is 3180. The molecule has 11 aromatic rings. The molecule has 11 rings (SSSR count). The fraction of sp³-hybridized carbons (Fsp3) is 0. The smallest absolute Gasteiger partial charge is 0.164 e. The topological polar surface area (TPSA) is 56.7 Å². The lowest BCUT2D eigenvalue weighted by atomic mass is 10.0. The second-order valence-electron chi connectivity index (χ2n) is 14.0. The van der Waals surface area contributed by atoms with E-state index < -0.39 is 0 Å². The molecule has 0 saturated carbocycles. The van der Waals surface area contributed by atoms with Crippen molar-refractivity contribution in [3.63, 3.8) is 0 Å². The Labute approximate surface area is 322 Å². The number of para-hydroxylation sites is 4. The maximum Gasteiger partial charge on any atom is 0.164 e. The van der Waals surface area contributed by atoms with E-state index in [4.69, 9.17) is 19.4 Å². The lowest BCUT2D eigenvalue weighted by Gasteiger charge is -2.14. The van der Waals surface area contributed by atoms with Crippen molar-refractivity contribution < 1.29 is 4.42 Å². The van der Waals surface area contributed by atoms with Crippen molar-refractivity contribution in [2.75, 3.05) is 0 Å². The van der Waals surface area contributed by atoms with Crippen LogP contribution in [0, 0.1) is 0 Å². The minimum absolute atomic E-state index is 0.593. The molecule has 262 valence electrons. The van der Waals surface area contributed by atoms with Gasteiger partial charge in [-0.25, -0.2) is 15.0 Å². The standard InChI is InChI=1S/C51H32N4O/c1-2-13-33(14-3-1)34-25-29-36(30-26-34)49-52-50(54-51(53-49)42-19-12-24-47-48(42)41-18-7-11-23-46(41)56-47)37-31-27-35(28-32-37)38-15-4-8-20-43(38)55-44-21-9-5-16-39(44)40-17-6-10-22-45(40)55/h1-32H. The molecular weight excluding hydrogens is 685 g/mol. The van der Waals surface area contributed by atoms with E-state index in [1.54, 1.807) is 0 Å². The van der Waals surface area contributed by atoms with Gasteiger partial charge in [-0.1, -0.05) is 164 Å². The van der Waals surface area contributed by atoms with Gasteiger partial charge in [-0.05, 0) is 47.0 Å². The Kier molecular flexibility index (Phi) is 7.42. The molecule has 0 saturated heterocycles. The fourth-order valence-corrected chi connectivity index (χ4v) is 8.05. The van der Waals surface area contributed by atoms with Crippen LogP contribution in [-0.2, 0) is 0 Å². The van der Waals surface area contributed by atoms with Crippen LogP contribution in [0.25, 0.3) is 106 Å². The molecule has 5 nitrogen and oxygen atoms in total. The Morgan fingerprint density at radius 2 is 0.804 bits per heavy atom. The second kappa shape index (κ2) is 13.0. The first-order valence-electron chi connectivity index (χ1n) is 18.8. The highest BCUT2D eigenvalue weighted by molar-refractivity contribution is 6.12. The van der Waals surface area contributed by atoms with Gasteiger partial charge in [-0.2, -0.15) is 0 Å². The molecule has 3 aromatic heterocycles. The maximum absolute atomic E-state index is 6.27. The molecule has 0 aliphatic heterocycles. The maximum atomic E-state index is 6.27. The van der Waals surface area contributed by atoms with Crippen molar-refractivity contribution in [2.24, 2.45) is 0 Å². The molecular formula is C51H32N4O. The Hall–Kier alpha value is -7.63. The van der Waals surface area contributed by atoms with Crippen LogP contribution in [0.3, 0.4) is 0 Å². The molecule has 0 amide bonds. The predicted octanol–water partition coefficient (Wildman–Crippen LogP) is 13.2. The van der Waals surface area contributed by atoms with Crippen LogP contribution in [0.5, 0.6) is 0 Å². The quantitative estimate of drug-likeness (QED) is 0.172. The van der Waals surface area contributed by atoms with Crippen LogP contribution >= 0.6 is 0 Å². The van der Waals surface area contributed by atoms with E-state index in [0.29, 0.717) is 17.5 Å². The van der Waals surface area contributed by atoms with E-state index in [1.807, 2.05) is 36.4 Å². The molecule has 0 aliphatic rings. The highest BCUT2D eigenvalue weighted by Crippen LogP contribution is 2.39. The van der Waals surface area contributed by atoms with E-state index >= 15 is 0 Å². The SMILES string of the molecule is c1ccc(-c2ccc(-c3nc(-c4ccc(-c5ccccc5-n5c6ccccc6c6ccccc65)cc4)nc(-c4cccc5oc6ccccc6c45)n3)cc2)cc1. The van der Waals surface area contributed by atoms with Gasteiger partial charge in [0, 0.05) is 43.8 Å². The number of fused-ring (bicyclic) bond motifs is 6. The third-order valence-electron chi connectivity index (χ3n) is 10.7. The van der Waals surface area contributed by atoms with Crippen molar-refractivity contribution >= 4 is 43.7 Å². The van der Waals surface area contributed by atoms with Gasteiger partial charge in [-0.15, -0.1) is 0 Å². The van der Waals surface area contributed by atoms with Crippen molar-refractivity contribution in [3.05, 3.63) is 194 Å². The first kappa shape index (κ1) is 31.9. The summed E-state index contributed by atoms with van der Waals surface area (Å²) in [6.45, 7) is 0. The van der Waals surface area contributed by atoms with Crippen LogP contribution in [-0.4, -0.2) is 19.5 Å². The van der Waals surface area contributed by atoms with Crippen molar-refractivity contribution in [3.8, 4) is 62.1 Å². The normalized spacial score (nSPS) is 11.6. The highest BCUT2D eigenvalue weighted by Gasteiger charge is 2.19. The van der Waals surface area contributed by atoms with Gasteiger partial charge in [0.05, 0.1) is 16.7 Å². The van der Waals surface area contributed by atoms with Crippen LogP contribution in [0.15, 0.2) is 199 Å². The molecule has 0 atom stereocenters.